The molecule has 5 nitrogen and oxygen atoms in total. The van der Waals surface area contributed by atoms with Gasteiger partial charge >= 0.3 is 0 Å². The van der Waals surface area contributed by atoms with E-state index in [2.05, 4.69) is 11.1 Å². The van der Waals surface area contributed by atoms with Crippen LogP contribution in [0.5, 0.6) is 0 Å². The molecular formula is C19H12Cl2FN3O2S. The summed E-state index contributed by atoms with van der Waals surface area (Å²) in [7, 11) is 2.80. The second-order valence-electron chi connectivity index (χ2n) is 5.60. The molecule has 0 aliphatic carbocycles. The molecule has 0 radical (unpaired) electrons. The lowest BCUT2D eigenvalue weighted by Crippen LogP contribution is -2.25. The van der Waals surface area contributed by atoms with Crippen LogP contribution < -0.4 is 0 Å². The first kappa shape index (κ1) is 20.2. The zero-order valence-corrected chi connectivity index (χ0v) is 17.0. The summed E-state index contributed by atoms with van der Waals surface area (Å²) in [4.78, 5) is 22.1. The molecule has 0 unspecified atom stereocenters. The van der Waals surface area contributed by atoms with Crippen LogP contribution in [-0.4, -0.2) is 30.1 Å². The minimum Gasteiger partial charge on any atom is -0.274 e. The lowest BCUT2D eigenvalue weighted by molar-refractivity contribution is -0.0753. The summed E-state index contributed by atoms with van der Waals surface area (Å²) in [5.41, 5.74) is 1.44. The third-order valence-corrected chi connectivity index (χ3v) is 5.74. The Balaban J connectivity index is 2.35. The van der Waals surface area contributed by atoms with E-state index in [0.717, 1.165) is 16.4 Å². The van der Waals surface area contributed by atoms with E-state index in [0.29, 0.717) is 26.6 Å². The maximum absolute atomic E-state index is 13.6. The summed E-state index contributed by atoms with van der Waals surface area (Å²) in [5.74, 6) is -1.16. The van der Waals surface area contributed by atoms with Crippen molar-refractivity contribution in [1.29, 1.82) is 5.26 Å². The van der Waals surface area contributed by atoms with E-state index < -0.39 is 11.9 Å². The first-order chi connectivity index (χ1) is 13.4. The number of rotatable bonds is 4. The number of pyridine rings is 1. The van der Waals surface area contributed by atoms with Gasteiger partial charge < -0.3 is 0 Å². The molecule has 0 atom stereocenters. The van der Waals surface area contributed by atoms with Gasteiger partial charge in [0.05, 0.1) is 17.6 Å². The van der Waals surface area contributed by atoms with Crippen LogP contribution in [0.2, 0.25) is 10.0 Å². The molecule has 0 saturated heterocycles. The number of nitriles is 1. The predicted octanol–water partition coefficient (Wildman–Crippen LogP) is 5.43. The predicted molar refractivity (Wildman–Crippen MR) is 107 cm³/mol. The summed E-state index contributed by atoms with van der Waals surface area (Å²) < 4.78 is 13.6. The molecule has 0 aliphatic heterocycles. The highest BCUT2D eigenvalue weighted by atomic mass is 35.5. The Morgan fingerprint density at radius 1 is 1.32 bits per heavy atom. The molecule has 9 heteroatoms. The van der Waals surface area contributed by atoms with Crippen LogP contribution in [0.1, 0.15) is 15.2 Å². The zero-order valence-electron chi connectivity index (χ0n) is 14.7. The van der Waals surface area contributed by atoms with Gasteiger partial charge in [0.2, 0.25) is 5.95 Å². The van der Waals surface area contributed by atoms with Crippen molar-refractivity contribution in [3.8, 4) is 27.6 Å². The second kappa shape index (κ2) is 8.25. The van der Waals surface area contributed by atoms with Crippen molar-refractivity contribution in [2.24, 2.45) is 0 Å². The fourth-order valence-electron chi connectivity index (χ4n) is 2.61. The molecule has 0 N–H and O–H groups in total. The SMILES string of the molecule is CON(C)C(=O)c1sc(-c2ccnc(F)c2)c(C#N)c1-c1ccc(Cl)cc1Cl. The average molecular weight is 436 g/mol. The number of nitrogens with zero attached hydrogens (tertiary/aromatic N) is 3. The largest absolute Gasteiger partial charge is 0.287 e. The van der Waals surface area contributed by atoms with Gasteiger partial charge in [-0.1, -0.05) is 29.3 Å². The van der Waals surface area contributed by atoms with E-state index in [1.165, 1.54) is 32.5 Å². The van der Waals surface area contributed by atoms with Crippen molar-refractivity contribution in [2.45, 2.75) is 0 Å². The fourth-order valence-corrected chi connectivity index (χ4v) is 4.34. The van der Waals surface area contributed by atoms with Crippen LogP contribution in [0.15, 0.2) is 36.5 Å². The maximum Gasteiger partial charge on any atom is 0.287 e. The van der Waals surface area contributed by atoms with Crippen molar-refractivity contribution < 1.29 is 14.0 Å². The van der Waals surface area contributed by atoms with Crippen molar-refractivity contribution in [1.82, 2.24) is 10.0 Å². The van der Waals surface area contributed by atoms with Gasteiger partial charge in [-0.3, -0.25) is 9.63 Å². The fraction of sp³-hybridized carbons (Fsp3) is 0.105. The number of thiophene rings is 1. The van der Waals surface area contributed by atoms with Gasteiger partial charge in [0.15, 0.2) is 0 Å². The quantitative estimate of drug-likeness (QED) is 0.404. The average Bonchev–Trinajstić information content (AvgIpc) is 3.06. The minimum absolute atomic E-state index is 0.202. The molecule has 2 aromatic heterocycles. The van der Waals surface area contributed by atoms with Gasteiger partial charge in [-0.25, -0.2) is 10.0 Å². The van der Waals surface area contributed by atoms with Crippen LogP contribution in [0.25, 0.3) is 21.6 Å². The Morgan fingerprint density at radius 2 is 2.07 bits per heavy atom. The minimum atomic E-state index is -0.692. The molecule has 1 aromatic carbocycles. The van der Waals surface area contributed by atoms with Crippen LogP contribution in [-0.2, 0) is 4.84 Å². The van der Waals surface area contributed by atoms with E-state index in [-0.39, 0.29) is 15.5 Å². The van der Waals surface area contributed by atoms with E-state index in [1.807, 2.05) is 0 Å². The molecular weight excluding hydrogens is 424 g/mol. The molecule has 0 saturated carbocycles. The van der Waals surface area contributed by atoms with Gasteiger partial charge in [0, 0.05) is 40.5 Å². The first-order valence-electron chi connectivity index (χ1n) is 7.83. The first-order valence-corrected chi connectivity index (χ1v) is 9.41. The summed E-state index contributed by atoms with van der Waals surface area (Å²) in [5, 5.41) is 11.6. The lowest BCUT2D eigenvalue weighted by Gasteiger charge is -2.14. The standard InChI is InChI=1S/C19H12Cl2FN3O2S/c1-25(27-2)19(26)18-16(12-4-3-11(20)8-14(12)21)13(9-23)17(28-18)10-5-6-24-15(22)7-10/h3-8H,1-2H3. The third kappa shape index (κ3) is 3.73. The Hall–Kier alpha value is -2.50. The summed E-state index contributed by atoms with van der Waals surface area (Å²) in [6.07, 6.45) is 1.29. The lowest BCUT2D eigenvalue weighted by atomic mass is 9.98. The number of hydroxylamine groups is 2. The molecule has 28 heavy (non-hydrogen) atoms. The number of halogens is 3. The Morgan fingerprint density at radius 3 is 2.68 bits per heavy atom. The molecule has 0 bridgehead atoms. The molecule has 0 spiro atoms. The smallest absolute Gasteiger partial charge is 0.274 e. The van der Waals surface area contributed by atoms with Gasteiger partial charge in [0.1, 0.15) is 10.9 Å². The number of amides is 1. The number of aromatic nitrogens is 1. The van der Waals surface area contributed by atoms with Crippen LogP contribution in [0, 0.1) is 17.3 Å². The van der Waals surface area contributed by atoms with Gasteiger partial charge in [-0.2, -0.15) is 9.65 Å². The van der Waals surface area contributed by atoms with Gasteiger partial charge in [-0.05, 0) is 23.8 Å². The third-order valence-electron chi connectivity index (χ3n) is 3.96. The topological polar surface area (TPSA) is 66.2 Å². The van der Waals surface area contributed by atoms with Gasteiger partial charge in [-0.15, -0.1) is 11.3 Å². The van der Waals surface area contributed by atoms with E-state index in [9.17, 15) is 14.4 Å². The van der Waals surface area contributed by atoms with E-state index >= 15 is 0 Å². The molecule has 3 rings (SSSR count). The number of carbonyl (C=O) groups is 1. The highest BCUT2D eigenvalue weighted by Crippen LogP contribution is 2.44. The summed E-state index contributed by atoms with van der Waals surface area (Å²) in [6, 6.07) is 9.66. The molecule has 3 aromatic rings. The molecule has 2 heterocycles. The van der Waals surface area contributed by atoms with Crippen LogP contribution in [0.4, 0.5) is 4.39 Å². The summed E-state index contributed by atoms with van der Waals surface area (Å²) in [6.45, 7) is 0. The van der Waals surface area contributed by atoms with Crippen LogP contribution >= 0.6 is 34.5 Å². The highest BCUT2D eigenvalue weighted by Gasteiger charge is 2.28. The molecule has 0 fully saturated rings. The van der Waals surface area contributed by atoms with E-state index in [4.69, 9.17) is 28.0 Å². The van der Waals surface area contributed by atoms with Crippen molar-refractivity contribution in [3.63, 3.8) is 0 Å². The normalized spacial score (nSPS) is 10.6. The van der Waals surface area contributed by atoms with Crippen LogP contribution in [0.3, 0.4) is 0 Å². The van der Waals surface area contributed by atoms with Crippen molar-refractivity contribution >= 4 is 40.4 Å². The second-order valence-corrected chi connectivity index (χ2v) is 7.46. The van der Waals surface area contributed by atoms with Crippen molar-refractivity contribution in [2.75, 3.05) is 14.2 Å². The molecule has 1 amide bonds. The summed E-state index contributed by atoms with van der Waals surface area (Å²) >= 11 is 13.4. The van der Waals surface area contributed by atoms with Crippen molar-refractivity contribution in [3.05, 3.63) is 63.0 Å². The number of hydrogen-bond acceptors (Lipinski definition) is 5. The molecule has 142 valence electrons. The highest BCUT2D eigenvalue weighted by molar-refractivity contribution is 7.18. The van der Waals surface area contributed by atoms with Gasteiger partial charge in [0.25, 0.3) is 5.91 Å². The number of benzene rings is 1. The maximum atomic E-state index is 13.6. The Labute approximate surface area is 174 Å². The zero-order chi connectivity index (χ0) is 20.4. The Bertz CT molecular complexity index is 1110. The number of carbonyl (C=O) groups excluding carboxylic acids is 1. The molecule has 0 aliphatic rings. The Kier molecular flexibility index (Phi) is 5.96. The monoisotopic (exact) mass is 435 g/mol. The number of hydrogen-bond donors (Lipinski definition) is 0. The van der Waals surface area contributed by atoms with E-state index in [1.54, 1.807) is 18.2 Å².